The van der Waals surface area contributed by atoms with Crippen molar-refractivity contribution in [2.24, 2.45) is 0 Å². The quantitative estimate of drug-likeness (QED) is 0.785. The molecule has 17 heavy (non-hydrogen) atoms. The largest absolute Gasteiger partial charge is 0.408 e. The van der Waals surface area contributed by atoms with E-state index >= 15 is 0 Å². The molecule has 1 aliphatic rings. The van der Waals surface area contributed by atoms with E-state index in [0.717, 1.165) is 0 Å². The fourth-order valence-electron chi connectivity index (χ4n) is 1.68. The summed E-state index contributed by atoms with van der Waals surface area (Å²) in [4.78, 5) is 0. The fraction of sp³-hybridized carbons (Fsp3) is 1.00. The number of ether oxygens (including phenoxy) is 2. The molecule has 1 aliphatic heterocycles. The second-order valence-electron chi connectivity index (χ2n) is 6.17. The number of rotatable bonds is 4. The van der Waals surface area contributed by atoms with Crippen molar-refractivity contribution in [3.63, 3.8) is 0 Å². The zero-order valence-electron chi connectivity index (χ0n) is 11.8. The monoisotopic (exact) mass is 262 g/mol. The summed E-state index contributed by atoms with van der Waals surface area (Å²) in [7, 11) is -0.195. The zero-order chi connectivity index (χ0) is 13.3. The molecule has 102 valence electrons. The van der Waals surface area contributed by atoms with E-state index in [9.17, 15) is 5.11 Å². The molecule has 1 rings (SSSR count). The minimum Gasteiger partial charge on any atom is -0.408 e. The molecular formula is C12H26O4Si. The molecular weight excluding hydrogens is 236 g/mol. The topological polar surface area (TPSA) is 47.9 Å². The maximum absolute atomic E-state index is 9.30. The van der Waals surface area contributed by atoms with Gasteiger partial charge in [-0.3, -0.25) is 0 Å². The van der Waals surface area contributed by atoms with Crippen LogP contribution in [0.5, 0.6) is 0 Å². The number of hydrogen-bond acceptors (Lipinski definition) is 4. The molecule has 0 bridgehead atoms. The first-order chi connectivity index (χ1) is 7.73. The molecule has 1 saturated heterocycles. The lowest BCUT2D eigenvalue weighted by Gasteiger charge is -2.40. The predicted octanol–water partition coefficient (Wildman–Crippen LogP) is 1.78. The lowest BCUT2D eigenvalue weighted by atomic mass is 10.1. The predicted molar refractivity (Wildman–Crippen MR) is 69.7 cm³/mol. The molecule has 0 aliphatic carbocycles. The first-order valence-electron chi connectivity index (χ1n) is 6.16. The van der Waals surface area contributed by atoms with Crippen LogP contribution in [0.15, 0.2) is 0 Å². The highest BCUT2D eigenvalue weighted by molar-refractivity contribution is 6.74. The van der Waals surface area contributed by atoms with Crippen molar-refractivity contribution >= 4 is 8.32 Å². The Labute approximate surface area is 105 Å². The van der Waals surface area contributed by atoms with Gasteiger partial charge in [0.05, 0.1) is 13.2 Å². The highest BCUT2D eigenvalue weighted by Crippen LogP contribution is 2.39. The summed E-state index contributed by atoms with van der Waals surface area (Å²) in [6, 6.07) is 0. The molecule has 0 aromatic rings. The summed E-state index contributed by atoms with van der Waals surface area (Å²) >= 11 is 0. The maximum atomic E-state index is 9.30. The molecule has 0 spiro atoms. The number of aliphatic hydroxyl groups excluding tert-OH is 1. The van der Waals surface area contributed by atoms with Gasteiger partial charge in [0, 0.05) is 7.11 Å². The van der Waals surface area contributed by atoms with E-state index in [1.165, 1.54) is 0 Å². The number of methoxy groups -OCH3 is 1. The van der Waals surface area contributed by atoms with Gasteiger partial charge in [0.2, 0.25) is 0 Å². The number of aliphatic hydroxyl groups is 1. The van der Waals surface area contributed by atoms with Gasteiger partial charge in [-0.05, 0) is 18.1 Å². The van der Waals surface area contributed by atoms with E-state index in [1.807, 2.05) is 0 Å². The molecule has 5 heteroatoms. The molecule has 0 radical (unpaired) electrons. The van der Waals surface area contributed by atoms with Gasteiger partial charge in [-0.1, -0.05) is 20.8 Å². The molecule has 0 unspecified atom stereocenters. The fourth-order valence-corrected chi connectivity index (χ4v) is 3.01. The highest BCUT2D eigenvalue weighted by Gasteiger charge is 2.46. The summed E-state index contributed by atoms with van der Waals surface area (Å²) in [5.41, 5.74) is 0. The Kier molecular flexibility index (Phi) is 4.77. The second kappa shape index (κ2) is 5.36. The molecule has 4 nitrogen and oxygen atoms in total. The average molecular weight is 262 g/mol. The smallest absolute Gasteiger partial charge is 0.192 e. The van der Waals surface area contributed by atoms with E-state index in [2.05, 4.69) is 33.9 Å². The number of hydrogen-bond donors (Lipinski definition) is 1. The van der Waals surface area contributed by atoms with Gasteiger partial charge in [0.25, 0.3) is 0 Å². The third-order valence-corrected chi connectivity index (χ3v) is 8.40. The van der Waals surface area contributed by atoms with Crippen molar-refractivity contribution in [2.75, 3.05) is 20.3 Å². The van der Waals surface area contributed by atoms with Crippen molar-refractivity contribution in [1.82, 2.24) is 0 Å². The summed E-state index contributed by atoms with van der Waals surface area (Å²) in [5.74, 6) is 0. The van der Waals surface area contributed by atoms with Gasteiger partial charge >= 0.3 is 0 Å². The van der Waals surface area contributed by atoms with Gasteiger partial charge in [0.15, 0.2) is 8.32 Å². The Morgan fingerprint density at radius 1 is 1.35 bits per heavy atom. The van der Waals surface area contributed by atoms with Crippen LogP contribution in [0.3, 0.4) is 0 Å². The van der Waals surface area contributed by atoms with Crippen LogP contribution in [0.4, 0.5) is 0 Å². The maximum Gasteiger partial charge on any atom is 0.192 e. The standard InChI is InChI=1S/C12H26O4Si/c1-12(2,3)17(5,6)16-11-9(7-13)15-8-10(11)14-4/h9-11,13H,7-8H2,1-6H3/t9-,10+,11-/m1/s1. The van der Waals surface area contributed by atoms with E-state index in [-0.39, 0.29) is 30.0 Å². The lowest BCUT2D eigenvalue weighted by molar-refractivity contribution is -0.00698. The van der Waals surface area contributed by atoms with Crippen molar-refractivity contribution in [1.29, 1.82) is 0 Å². The third-order valence-electron chi connectivity index (χ3n) is 3.93. The molecule has 1 N–H and O–H groups in total. The Morgan fingerprint density at radius 2 is 1.94 bits per heavy atom. The first kappa shape index (κ1) is 15.1. The molecule has 1 fully saturated rings. The van der Waals surface area contributed by atoms with Crippen molar-refractivity contribution < 1.29 is 19.0 Å². The van der Waals surface area contributed by atoms with Crippen molar-refractivity contribution in [2.45, 2.75) is 57.2 Å². The van der Waals surface area contributed by atoms with Gasteiger partial charge in [0.1, 0.15) is 18.3 Å². The molecule has 0 amide bonds. The van der Waals surface area contributed by atoms with Crippen LogP contribution in [0.1, 0.15) is 20.8 Å². The summed E-state index contributed by atoms with van der Waals surface area (Å²) in [6.07, 6.45) is -0.471. The van der Waals surface area contributed by atoms with Crippen molar-refractivity contribution in [3.05, 3.63) is 0 Å². The first-order valence-corrected chi connectivity index (χ1v) is 9.07. The molecule has 0 aromatic carbocycles. The molecule has 0 aromatic heterocycles. The summed E-state index contributed by atoms with van der Waals surface area (Å²) < 4.78 is 17.2. The minimum absolute atomic E-state index is 0.0147. The van der Waals surface area contributed by atoms with Gasteiger partial charge in [-0.25, -0.2) is 0 Å². The SMILES string of the molecule is CO[C@H]1CO[C@H](CO)[C@H]1O[Si](C)(C)C(C)(C)C. The van der Waals surface area contributed by atoms with Gasteiger partial charge < -0.3 is 19.0 Å². The van der Waals surface area contributed by atoms with Crippen molar-refractivity contribution in [3.8, 4) is 0 Å². The van der Waals surface area contributed by atoms with E-state index in [1.54, 1.807) is 7.11 Å². The van der Waals surface area contributed by atoms with Crippen LogP contribution in [0.2, 0.25) is 18.1 Å². The normalized spacial score (nSPS) is 30.9. The van der Waals surface area contributed by atoms with Gasteiger partial charge in [-0.15, -0.1) is 0 Å². The van der Waals surface area contributed by atoms with E-state index in [0.29, 0.717) is 6.61 Å². The summed E-state index contributed by atoms with van der Waals surface area (Å²) in [5, 5.41) is 9.45. The average Bonchev–Trinajstić information content (AvgIpc) is 2.57. The lowest BCUT2D eigenvalue weighted by Crippen LogP contribution is -2.49. The minimum atomic E-state index is -1.86. The van der Waals surface area contributed by atoms with E-state index < -0.39 is 8.32 Å². The van der Waals surface area contributed by atoms with Crippen LogP contribution in [0, 0.1) is 0 Å². The Bertz CT molecular complexity index is 237. The Balaban J connectivity index is 2.77. The Morgan fingerprint density at radius 3 is 2.35 bits per heavy atom. The van der Waals surface area contributed by atoms with Crippen LogP contribution >= 0.6 is 0 Å². The van der Waals surface area contributed by atoms with E-state index in [4.69, 9.17) is 13.9 Å². The van der Waals surface area contributed by atoms with Crippen LogP contribution < -0.4 is 0 Å². The van der Waals surface area contributed by atoms with Crippen LogP contribution in [-0.2, 0) is 13.9 Å². The zero-order valence-corrected chi connectivity index (χ0v) is 12.8. The third kappa shape index (κ3) is 3.29. The molecule has 0 saturated carbocycles. The Hall–Kier alpha value is 0.0569. The summed E-state index contributed by atoms with van der Waals surface area (Å²) in [6.45, 7) is 11.5. The van der Waals surface area contributed by atoms with Crippen LogP contribution in [0.25, 0.3) is 0 Å². The second-order valence-corrected chi connectivity index (χ2v) is 10.9. The molecule has 1 heterocycles. The molecule has 3 atom stereocenters. The highest BCUT2D eigenvalue weighted by atomic mass is 28.4. The van der Waals surface area contributed by atoms with Gasteiger partial charge in [-0.2, -0.15) is 0 Å². The van der Waals surface area contributed by atoms with Crippen LogP contribution in [-0.4, -0.2) is 52.1 Å².